The molecule has 1 amide bonds. The van der Waals surface area contributed by atoms with E-state index in [1.54, 1.807) is 24.3 Å². The molecular formula is C13H17NO4. The topological polar surface area (TPSA) is 75.6 Å². The molecule has 0 heterocycles. The fraction of sp³-hybridized carbons (Fsp3) is 0.385. The van der Waals surface area contributed by atoms with Crippen molar-refractivity contribution in [1.82, 2.24) is 0 Å². The van der Waals surface area contributed by atoms with Crippen LogP contribution in [0.25, 0.3) is 0 Å². The lowest BCUT2D eigenvalue weighted by Gasteiger charge is -2.10. The Labute approximate surface area is 106 Å². The minimum Gasteiger partial charge on any atom is -0.482 e. The lowest BCUT2D eigenvalue weighted by atomic mass is 10.1. The van der Waals surface area contributed by atoms with E-state index in [0.717, 1.165) is 6.42 Å². The first-order valence-corrected chi connectivity index (χ1v) is 5.78. The highest BCUT2D eigenvalue weighted by atomic mass is 16.5. The van der Waals surface area contributed by atoms with Gasteiger partial charge in [-0.25, -0.2) is 4.79 Å². The van der Waals surface area contributed by atoms with Crippen LogP contribution < -0.4 is 10.1 Å². The number of carbonyl (C=O) groups is 2. The molecule has 0 radical (unpaired) electrons. The molecule has 5 heteroatoms. The number of aliphatic carboxylic acids is 1. The van der Waals surface area contributed by atoms with E-state index in [4.69, 9.17) is 9.84 Å². The molecule has 18 heavy (non-hydrogen) atoms. The molecule has 0 spiro atoms. The summed E-state index contributed by atoms with van der Waals surface area (Å²) in [5.41, 5.74) is 0.669. The van der Waals surface area contributed by atoms with E-state index >= 15 is 0 Å². The van der Waals surface area contributed by atoms with E-state index in [1.165, 1.54) is 0 Å². The van der Waals surface area contributed by atoms with Gasteiger partial charge < -0.3 is 15.2 Å². The Morgan fingerprint density at radius 1 is 1.33 bits per heavy atom. The maximum Gasteiger partial charge on any atom is 0.341 e. The lowest BCUT2D eigenvalue weighted by Crippen LogP contribution is -2.19. The van der Waals surface area contributed by atoms with Crippen LogP contribution in [0.15, 0.2) is 24.3 Å². The number of rotatable bonds is 6. The van der Waals surface area contributed by atoms with Gasteiger partial charge in [0.1, 0.15) is 5.75 Å². The zero-order valence-electron chi connectivity index (χ0n) is 10.5. The molecule has 2 N–H and O–H groups in total. The highest BCUT2D eigenvalue weighted by Gasteiger charge is 2.10. The first-order chi connectivity index (χ1) is 8.52. The Bertz CT molecular complexity index is 414. The second-order valence-electron chi connectivity index (χ2n) is 4.01. The smallest absolute Gasteiger partial charge is 0.341 e. The largest absolute Gasteiger partial charge is 0.482 e. The van der Waals surface area contributed by atoms with Crippen LogP contribution >= 0.6 is 0 Å². The summed E-state index contributed by atoms with van der Waals surface area (Å²) in [5, 5.41) is 11.2. The van der Waals surface area contributed by atoms with Gasteiger partial charge in [-0.05, 0) is 30.7 Å². The normalized spacial score (nSPS) is 11.7. The number of anilines is 1. The summed E-state index contributed by atoms with van der Waals surface area (Å²) in [4.78, 5) is 21.9. The Hall–Kier alpha value is -2.04. The summed E-state index contributed by atoms with van der Waals surface area (Å²) in [6, 6.07) is 6.60. The number of amides is 1. The summed E-state index contributed by atoms with van der Waals surface area (Å²) in [7, 11) is 0. The van der Waals surface area contributed by atoms with Crippen LogP contribution in [-0.2, 0) is 9.59 Å². The predicted octanol–water partition coefficient (Wildman–Crippen LogP) is 2.13. The van der Waals surface area contributed by atoms with Gasteiger partial charge in [0.25, 0.3) is 0 Å². The minimum absolute atomic E-state index is 0.0308. The Morgan fingerprint density at radius 3 is 2.44 bits per heavy atom. The van der Waals surface area contributed by atoms with Gasteiger partial charge in [-0.1, -0.05) is 13.8 Å². The van der Waals surface area contributed by atoms with Crippen molar-refractivity contribution in [3.63, 3.8) is 0 Å². The summed E-state index contributed by atoms with van der Waals surface area (Å²) >= 11 is 0. The van der Waals surface area contributed by atoms with E-state index in [-0.39, 0.29) is 18.4 Å². The van der Waals surface area contributed by atoms with Crippen molar-refractivity contribution in [2.75, 3.05) is 11.9 Å². The molecule has 1 rings (SSSR count). The Balaban J connectivity index is 2.55. The van der Waals surface area contributed by atoms with Crippen molar-refractivity contribution in [3.05, 3.63) is 24.3 Å². The van der Waals surface area contributed by atoms with Crippen molar-refractivity contribution in [2.24, 2.45) is 5.92 Å². The molecule has 0 aromatic heterocycles. The van der Waals surface area contributed by atoms with Gasteiger partial charge in [0.05, 0.1) is 0 Å². The quantitative estimate of drug-likeness (QED) is 0.812. The maximum absolute atomic E-state index is 11.6. The van der Waals surface area contributed by atoms with Gasteiger partial charge in [0.15, 0.2) is 6.61 Å². The monoisotopic (exact) mass is 251 g/mol. The molecule has 0 saturated heterocycles. The molecule has 0 aliphatic rings. The molecule has 1 unspecified atom stereocenters. The van der Waals surface area contributed by atoms with E-state index in [9.17, 15) is 9.59 Å². The molecule has 98 valence electrons. The van der Waals surface area contributed by atoms with Crippen LogP contribution in [0.1, 0.15) is 20.3 Å². The van der Waals surface area contributed by atoms with Gasteiger partial charge in [-0.3, -0.25) is 4.79 Å². The first kappa shape index (κ1) is 14.0. The van der Waals surface area contributed by atoms with Gasteiger partial charge in [-0.2, -0.15) is 0 Å². The van der Waals surface area contributed by atoms with Gasteiger partial charge in [0.2, 0.25) is 5.91 Å². The number of ether oxygens (including phenoxy) is 1. The van der Waals surface area contributed by atoms with Crippen molar-refractivity contribution in [2.45, 2.75) is 20.3 Å². The third-order valence-corrected chi connectivity index (χ3v) is 2.54. The predicted molar refractivity (Wildman–Crippen MR) is 67.7 cm³/mol. The average molecular weight is 251 g/mol. The number of nitrogens with one attached hydrogen (secondary N) is 1. The molecule has 1 atom stereocenters. The second-order valence-corrected chi connectivity index (χ2v) is 4.01. The van der Waals surface area contributed by atoms with Crippen LogP contribution in [0.4, 0.5) is 5.69 Å². The summed E-state index contributed by atoms with van der Waals surface area (Å²) in [6.45, 7) is 3.44. The number of carbonyl (C=O) groups excluding carboxylic acids is 1. The molecular weight excluding hydrogens is 234 g/mol. The fourth-order valence-electron chi connectivity index (χ4n) is 1.23. The van der Waals surface area contributed by atoms with Crippen LogP contribution in [0.5, 0.6) is 5.75 Å². The SMILES string of the molecule is CCC(C)C(=O)Nc1ccc(OCC(=O)O)cc1. The number of carboxylic acid groups (broad SMARTS) is 1. The molecule has 0 aliphatic heterocycles. The zero-order chi connectivity index (χ0) is 13.5. The molecule has 0 bridgehead atoms. The first-order valence-electron chi connectivity index (χ1n) is 5.78. The average Bonchev–Trinajstić information content (AvgIpc) is 2.36. The van der Waals surface area contributed by atoms with Gasteiger partial charge in [0, 0.05) is 11.6 Å². The third kappa shape index (κ3) is 4.45. The van der Waals surface area contributed by atoms with Crippen LogP contribution in [0, 0.1) is 5.92 Å². The molecule has 0 saturated carbocycles. The van der Waals surface area contributed by atoms with Crippen molar-refractivity contribution >= 4 is 17.6 Å². The Kier molecular flexibility index (Phi) is 5.17. The summed E-state index contributed by atoms with van der Waals surface area (Å²) in [5.74, 6) is -0.632. The maximum atomic E-state index is 11.6. The molecule has 0 aliphatic carbocycles. The van der Waals surface area contributed by atoms with Gasteiger partial charge >= 0.3 is 5.97 Å². The molecule has 0 fully saturated rings. The van der Waals surface area contributed by atoms with Crippen LogP contribution in [-0.4, -0.2) is 23.6 Å². The molecule has 1 aromatic rings. The second kappa shape index (κ2) is 6.64. The van der Waals surface area contributed by atoms with E-state index in [0.29, 0.717) is 11.4 Å². The fourth-order valence-corrected chi connectivity index (χ4v) is 1.23. The van der Waals surface area contributed by atoms with E-state index in [1.807, 2.05) is 13.8 Å². The molecule has 5 nitrogen and oxygen atoms in total. The number of benzene rings is 1. The van der Waals surface area contributed by atoms with Crippen LogP contribution in [0.3, 0.4) is 0 Å². The third-order valence-electron chi connectivity index (χ3n) is 2.54. The van der Waals surface area contributed by atoms with Crippen molar-refractivity contribution in [3.8, 4) is 5.75 Å². The number of carboxylic acids is 1. The van der Waals surface area contributed by atoms with E-state index < -0.39 is 5.97 Å². The van der Waals surface area contributed by atoms with Gasteiger partial charge in [-0.15, -0.1) is 0 Å². The van der Waals surface area contributed by atoms with Crippen molar-refractivity contribution in [1.29, 1.82) is 0 Å². The highest BCUT2D eigenvalue weighted by molar-refractivity contribution is 5.92. The van der Waals surface area contributed by atoms with Crippen molar-refractivity contribution < 1.29 is 19.4 Å². The van der Waals surface area contributed by atoms with E-state index in [2.05, 4.69) is 5.32 Å². The number of hydrogen-bond acceptors (Lipinski definition) is 3. The summed E-state index contributed by atoms with van der Waals surface area (Å²) in [6.07, 6.45) is 0.783. The Morgan fingerprint density at radius 2 is 1.94 bits per heavy atom. The highest BCUT2D eigenvalue weighted by Crippen LogP contribution is 2.16. The minimum atomic E-state index is -1.02. The summed E-state index contributed by atoms with van der Waals surface area (Å²) < 4.78 is 4.98. The zero-order valence-corrected chi connectivity index (χ0v) is 10.5. The molecule has 1 aromatic carbocycles. The van der Waals surface area contributed by atoms with Crippen LogP contribution in [0.2, 0.25) is 0 Å². The lowest BCUT2D eigenvalue weighted by molar-refractivity contribution is -0.139. The standard InChI is InChI=1S/C13H17NO4/c1-3-9(2)13(17)14-10-4-6-11(7-5-10)18-8-12(15)16/h4-7,9H,3,8H2,1-2H3,(H,14,17)(H,15,16). The number of hydrogen-bond donors (Lipinski definition) is 2.